The van der Waals surface area contributed by atoms with Crippen molar-refractivity contribution in [2.24, 2.45) is 0 Å². The van der Waals surface area contributed by atoms with E-state index < -0.39 is 0 Å². The van der Waals surface area contributed by atoms with E-state index in [1.807, 2.05) is 11.8 Å². The van der Waals surface area contributed by atoms with Crippen molar-refractivity contribution < 1.29 is 9.90 Å². The summed E-state index contributed by atoms with van der Waals surface area (Å²) in [6.07, 6.45) is 6.92. The molecule has 1 aliphatic heterocycles. The monoisotopic (exact) mass is 281 g/mol. The lowest BCUT2D eigenvalue weighted by molar-refractivity contribution is 0.129. The van der Waals surface area contributed by atoms with Crippen molar-refractivity contribution >= 4 is 6.03 Å². The molecule has 7 nitrogen and oxygen atoms in total. The number of piperidine rings is 1. The largest absolute Gasteiger partial charge is 0.396 e. The van der Waals surface area contributed by atoms with Crippen LogP contribution in [0, 0.1) is 0 Å². The van der Waals surface area contributed by atoms with Crippen molar-refractivity contribution in [3.8, 4) is 0 Å². The third-order valence-corrected chi connectivity index (χ3v) is 3.65. The number of aliphatic hydroxyl groups is 1. The second-order valence-electron chi connectivity index (χ2n) is 5.32. The van der Waals surface area contributed by atoms with E-state index in [0.29, 0.717) is 13.0 Å². The number of hydrogen-bond acceptors (Lipinski definition) is 4. The van der Waals surface area contributed by atoms with Crippen LogP contribution in [-0.4, -0.2) is 56.0 Å². The zero-order chi connectivity index (χ0) is 14.4. The van der Waals surface area contributed by atoms with E-state index in [1.54, 1.807) is 11.0 Å². The summed E-state index contributed by atoms with van der Waals surface area (Å²) < 4.78 is 1.70. The number of aromatic nitrogens is 3. The fraction of sp³-hybridized carbons (Fsp3) is 0.769. The van der Waals surface area contributed by atoms with Gasteiger partial charge in [0.25, 0.3) is 0 Å². The number of urea groups is 1. The molecule has 1 fully saturated rings. The standard InChI is InChI=1S/C13H23N5O2/c1-11(8-17-10-14-9-15-17)16-13(20)18-6-3-2-4-12(18)5-7-19/h9-12,19H,2-8H2,1H3,(H,16,20). The first-order valence-electron chi connectivity index (χ1n) is 7.21. The van der Waals surface area contributed by atoms with Crippen molar-refractivity contribution in [2.45, 2.75) is 51.2 Å². The Morgan fingerprint density at radius 3 is 3.10 bits per heavy atom. The van der Waals surface area contributed by atoms with E-state index in [9.17, 15) is 4.79 Å². The molecule has 20 heavy (non-hydrogen) atoms. The summed E-state index contributed by atoms with van der Waals surface area (Å²) in [5.74, 6) is 0. The molecule has 1 aromatic rings. The molecule has 0 aliphatic carbocycles. The Balaban J connectivity index is 1.85. The van der Waals surface area contributed by atoms with E-state index in [4.69, 9.17) is 5.11 Å². The number of nitrogens with one attached hydrogen (secondary N) is 1. The predicted molar refractivity (Wildman–Crippen MR) is 74.1 cm³/mol. The van der Waals surface area contributed by atoms with Crippen LogP contribution in [0.1, 0.15) is 32.6 Å². The van der Waals surface area contributed by atoms with E-state index in [1.165, 1.54) is 6.33 Å². The van der Waals surface area contributed by atoms with Gasteiger partial charge in [-0.3, -0.25) is 4.68 Å². The summed E-state index contributed by atoms with van der Waals surface area (Å²) in [6.45, 7) is 3.45. The number of hydrogen-bond donors (Lipinski definition) is 2. The van der Waals surface area contributed by atoms with Crippen LogP contribution in [0.15, 0.2) is 12.7 Å². The van der Waals surface area contributed by atoms with E-state index in [-0.39, 0.29) is 24.7 Å². The lowest BCUT2D eigenvalue weighted by Gasteiger charge is -2.36. The van der Waals surface area contributed by atoms with Crippen molar-refractivity contribution in [2.75, 3.05) is 13.2 Å². The molecule has 0 bridgehead atoms. The zero-order valence-electron chi connectivity index (χ0n) is 11.9. The van der Waals surface area contributed by atoms with Gasteiger partial charge < -0.3 is 15.3 Å². The number of carbonyl (C=O) groups is 1. The summed E-state index contributed by atoms with van der Waals surface area (Å²) in [4.78, 5) is 18.1. The first-order chi connectivity index (χ1) is 9.70. The maximum atomic E-state index is 12.3. The summed E-state index contributed by atoms with van der Waals surface area (Å²) in [5.41, 5.74) is 0. The van der Waals surface area contributed by atoms with Gasteiger partial charge >= 0.3 is 6.03 Å². The van der Waals surface area contributed by atoms with Crippen molar-refractivity contribution in [1.82, 2.24) is 25.0 Å². The van der Waals surface area contributed by atoms with Gasteiger partial charge in [-0.1, -0.05) is 0 Å². The van der Waals surface area contributed by atoms with Crippen molar-refractivity contribution in [3.63, 3.8) is 0 Å². The molecule has 0 aromatic carbocycles. The van der Waals surface area contributed by atoms with Crippen LogP contribution in [0.2, 0.25) is 0 Å². The number of rotatable bonds is 5. The fourth-order valence-corrected chi connectivity index (χ4v) is 2.66. The summed E-state index contributed by atoms with van der Waals surface area (Å²) in [7, 11) is 0. The Morgan fingerprint density at radius 2 is 2.40 bits per heavy atom. The Hall–Kier alpha value is -1.63. The van der Waals surface area contributed by atoms with Crippen LogP contribution in [0.3, 0.4) is 0 Å². The van der Waals surface area contributed by atoms with Crippen LogP contribution in [-0.2, 0) is 6.54 Å². The minimum Gasteiger partial charge on any atom is -0.396 e. The molecule has 1 aliphatic rings. The fourth-order valence-electron chi connectivity index (χ4n) is 2.66. The maximum absolute atomic E-state index is 12.3. The van der Waals surface area contributed by atoms with Crippen molar-refractivity contribution in [1.29, 1.82) is 0 Å². The van der Waals surface area contributed by atoms with Crippen LogP contribution in [0.25, 0.3) is 0 Å². The lowest BCUT2D eigenvalue weighted by Crippen LogP contribution is -2.51. The minimum atomic E-state index is -0.0456. The van der Waals surface area contributed by atoms with Gasteiger partial charge in [-0.15, -0.1) is 0 Å². The van der Waals surface area contributed by atoms with Gasteiger partial charge in [-0.25, -0.2) is 9.78 Å². The predicted octanol–water partition coefficient (Wildman–Crippen LogP) is 0.613. The Morgan fingerprint density at radius 1 is 1.55 bits per heavy atom. The highest BCUT2D eigenvalue weighted by Crippen LogP contribution is 2.19. The van der Waals surface area contributed by atoms with E-state index in [0.717, 1.165) is 25.8 Å². The molecule has 1 saturated heterocycles. The van der Waals surface area contributed by atoms with Gasteiger partial charge in [-0.2, -0.15) is 5.10 Å². The molecule has 2 unspecified atom stereocenters. The van der Waals surface area contributed by atoms with Gasteiger partial charge in [0.2, 0.25) is 0 Å². The number of likely N-dealkylation sites (tertiary alicyclic amines) is 1. The zero-order valence-corrected chi connectivity index (χ0v) is 11.9. The average molecular weight is 281 g/mol. The Kier molecular flexibility index (Phi) is 5.34. The topological polar surface area (TPSA) is 83.3 Å². The van der Waals surface area contributed by atoms with Crippen LogP contribution in [0.5, 0.6) is 0 Å². The number of carbonyl (C=O) groups excluding carboxylic acids is 1. The Bertz CT molecular complexity index is 407. The van der Waals surface area contributed by atoms with Gasteiger partial charge in [-0.05, 0) is 32.6 Å². The number of amides is 2. The van der Waals surface area contributed by atoms with E-state index in [2.05, 4.69) is 15.4 Å². The molecule has 0 spiro atoms. The number of aliphatic hydroxyl groups excluding tert-OH is 1. The molecule has 2 atom stereocenters. The Labute approximate surface area is 119 Å². The highest BCUT2D eigenvalue weighted by atomic mass is 16.3. The molecule has 0 saturated carbocycles. The molecule has 2 amide bonds. The van der Waals surface area contributed by atoms with Gasteiger partial charge in [0.1, 0.15) is 12.7 Å². The van der Waals surface area contributed by atoms with Crippen molar-refractivity contribution in [3.05, 3.63) is 12.7 Å². The van der Waals surface area contributed by atoms with Crippen LogP contribution < -0.4 is 5.32 Å². The van der Waals surface area contributed by atoms with Crippen LogP contribution >= 0.6 is 0 Å². The molecule has 112 valence electrons. The molecule has 7 heteroatoms. The van der Waals surface area contributed by atoms with Gasteiger partial charge in [0.15, 0.2) is 0 Å². The third-order valence-electron chi connectivity index (χ3n) is 3.65. The second-order valence-corrected chi connectivity index (χ2v) is 5.32. The molecular formula is C13H23N5O2. The molecule has 2 rings (SSSR count). The second kappa shape index (κ2) is 7.23. The minimum absolute atomic E-state index is 0.0131. The number of nitrogens with zero attached hydrogens (tertiary/aromatic N) is 4. The first-order valence-corrected chi connectivity index (χ1v) is 7.21. The normalized spacial score (nSPS) is 20.7. The van der Waals surface area contributed by atoms with Gasteiger partial charge in [0.05, 0.1) is 6.54 Å². The summed E-state index contributed by atoms with van der Waals surface area (Å²) in [5, 5.41) is 16.1. The van der Waals surface area contributed by atoms with Gasteiger partial charge in [0, 0.05) is 25.2 Å². The highest BCUT2D eigenvalue weighted by molar-refractivity contribution is 5.75. The SMILES string of the molecule is CC(Cn1cncn1)NC(=O)N1CCCCC1CCO. The molecule has 1 aromatic heterocycles. The molecular weight excluding hydrogens is 258 g/mol. The highest BCUT2D eigenvalue weighted by Gasteiger charge is 2.26. The lowest BCUT2D eigenvalue weighted by atomic mass is 10.00. The summed E-state index contributed by atoms with van der Waals surface area (Å²) in [6, 6.07) is 0.101. The van der Waals surface area contributed by atoms with E-state index >= 15 is 0 Å². The quantitative estimate of drug-likeness (QED) is 0.828. The summed E-state index contributed by atoms with van der Waals surface area (Å²) >= 11 is 0. The molecule has 2 N–H and O–H groups in total. The third kappa shape index (κ3) is 3.93. The smallest absolute Gasteiger partial charge is 0.317 e. The molecule has 0 radical (unpaired) electrons. The maximum Gasteiger partial charge on any atom is 0.317 e. The molecule has 2 heterocycles. The van der Waals surface area contributed by atoms with Crippen LogP contribution in [0.4, 0.5) is 4.79 Å². The average Bonchev–Trinajstić information content (AvgIpc) is 2.92. The first kappa shape index (κ1) is 14.8.